The van der Waals surface area contributed by atoms with Crippen LogP contribution in [0.25, 0.3) is 0 Å². The summed E-state index contributed by atoms with van der Waals surface area (Å²) in [7, 11) is -1.86. The zero-order chi connectivity index (χ0) is 16.1. The Morgan fingerprint density at radius 1 is 0.652 bits per heavy atom. The van der Waals surface area contributed by atoms with Crippen molar-refractivity contribution in [3.63, 3.8) is 0 Å². The minimum absolute atomic E-state index is 0.357. The Balaban J connectivity index is 2.30. The predicted octanol–water partition coefficient (Wildman–Crippen LogP) is 3.36. The van der Waals surface area contributed by atoms with Crippen LogP contribution in [0.2, 0.25) is 0 Å². The van der Waals surface area contributed by atoms with Crippen LogP contribution < -0.4 is 15.9 Å². The van der Waals surface area contributed by atoms with Gasteiger partial charge >= 0.3 is 0 Å². The van der Waals surface area contributed by atoms with Gasteiger partial charge in [0.15, 0.2) is 0 Å². The zero-order valence-electron chi connectivity index (χ0n) is 13.3. The first-order valence-corrected chi connectivity index (χ1v) is 9.94. The summed E-state index contributed by atoms with van der Waals surface area (Å²) in [4.78, 5) is 0. The average molecular weight is 321 g/mol. The number of benzene rings is 3. The first-order valence-electron chi connectivity index (χ1n) is 7.96. The van der Waals surface area contributed by atoms with E-state index < -0.39 is 7.26 Å². The molecule has 0 fully saturated rings. The molecule has 116 valence electrons. The molecule has 1 N–H and O–H groups in total. The molecule has 1 nitrogen and oxygen atoms in total. The maximum Gasteiger partial charge on any atom is 0.114 e. The monoisotopic (exact) mass is 321 g/mol. The third kappa shape index (κ3) is 3.22. The van der Waals surface area contributed by atoms with Gasteiger partial charge in [-0.1, -0.05) is 54.6 Å². The van der Waals surface area contributed by atoms with Gasteiger partial charge in [0, 0.05) is 0 Å². The highest BCUT2D eigenvalue weighted by Gasteiger charge is 2.45. The summed E-state index contributed by atoms with van der Waals surface area (Å²) in [6.07, 6.45) is 0.398. The summed E-state index contributed by atoms with van der Waals surface area (Å²) in [5, 5.41) is 14.3. The van der Waals surface area contributed by atoms with Gasteiger partial charge in [-0.25, -0.2) is 0 Å². The maximum absolute atomic E-state index is 10.3. The van der Waals surface area contributed by atoms with Gasteiger partial charge in [-0.2, -0.15) is 0 Å². The van der Waals surface area contributed by atoms with Gasteiger partial charge in [0.25, 0.3) is 0 Å². The molecule has 1 atom stereocenters. The van der Waals surface area contributed by atoms with Crippen molar-refractivity contribution >= 4 is 23.2 Å². The quantitative estimate of drug-likeness (QED) is 0.715. The fraction of sp³-hybridized carbons (Fsp3) is 0.143. The second-order valence-electron chi connectivity index (χ2n) is 5.85. The summed E-state index contributed by atoms with van der Waals surface area (Å²) < 4.78 is 0. The zero-order valence-corrected chi connectivity index (χ0v) is 14.2. The lowest BCUT2D eigenvalue weighted by molar-refractivity contribution is 0.219. The molecule has 2 heteroatoms. The molecule has 0 aliphatic rings. The first-order chi connectivity index (χ1) is 11.2. The molecular formula is C21H22OP+. The van der Waals surface area contributed by atoms with E-state index in [1.807, 2.05) is 6.92 Å². The van der Waals surface area contributed by atoms with Gasteiger partial charge < -0.3 is 5.11 Å². The third-order valence-electron chi connectivity index (χ3n) is 4.13. The Bertz CT molecular complexity index is 627. The summed E-state index contributed by atoms with van der Waals surface area (Å²) in [5.41, 5.74) is 0. The molecular weight excluding hydrogens is 299 g/mol. The fourth-order valence-corrected chi connectivity index (χ4v) is 7.57. The van der Waals surface area contributed by atoms with Crippen molar-refractivity contribution in [2.45, 2.75) is 13.0 Å². The molecule has 0 saturated heterocycles. The van der Waals surface area contributed by atoms with E-state index in [2.05, 4.69) is 91.0 Å². The molecule has 3 rings (SSSR count). The molecule has 0 spiro atoms. The highest BCUT2D eigenvalue weighted by Crippen LogP contribution is 2.55. The molecule has 23 heavy (non-hydrogen) atoms. The SMILES string of the molecule is CC(O)C[P+](c1ccccc1)(c1ccccc1)c1ccccc1. The summed E-state index contributed by atoms with van der Waals surface area (Å²) in [5.74, 6) is 0. The topological polar surface area (TPSA) is 20.2 Å². The predicted molar refractivity (Wildman–Crippen MR) is 102 cm³/mol. The number of hydrogen-bond acceptors (Lipinski definition) is 1. The Kier molecular flexibility index (Phi) is 4.91. The van der Waals surface area contributed by atoms with Crippen LogP contribution in [-0.2, 0) is 0 Å². The third-order valence-corrected chi connectivity index (χ3v) is 8.74. The van der Waals surface area contributed by atoms with Crippen molar-refractivity contribution in [3.8, 4) is 0 Å². The Labute approximate surface area is 139 Å². The van der Waals surface area contributed by atoms with Crippen LogP contribution in [0.4, 0.5) is 0 Å². The van der Waals surface area contributed by atoms with E-state index in [0.29, 0.717) is 0 Å². The molecule has 3 aromatic rings. The van der Waals surface area contributed by atoms with Gasteiger partial charge in [0.05, 0.1) is 12.3 Å². The number of aliphatic hydroxyl groups is 1. The fourth-order valence-electron chi connectivity index (χ4n) is 3.21. The lowest BCUT2D eigenvalue weighted by Gasteiger charge is -2.28. The van der Waals surface area contributed by atoms with E-state index in [-0.39, 0.29) is 6.10 Å². The molecule has 0 aliphatic carbocycles. The summed E-state index contributed by atoms with van der Waals surface area (Å²) in [6.45, 7) is 1.89. The second-order valence-corrected chi connectivity index (χ2v) is 9.38. The highest BCUT2D eigenvalue weighted by atomic mass is 31.2. The largest absolute Gasteiger partial charge is 0.390 e. The van der Waals surface area contributed by atoms with Crippen molar-refractivity contribution in [3.05, 3.63) is 91.0 Å². The average Bonchev–Trinajstić information content (AvgIpc) is 2.62. The van der Waals surface area contributed by atoms with Gasteiger partial charge in [-0.05, 0) is 43.3 Å². The van der Waals surface area contributed by atoms with E-state index >= 15 is 0 Å². The van der Waals surface area contributed by atoms with Crippen LogP contribution in [-0.4, -0.2) is 17.4 Å². The normalized spacial score (nSPS) is 12.8. The van der Waals surface area contributed by atoms with Crippen LogP contribution >= 0.6 is 7.26 Å². The van der Waals surface area contributed by atoms with Crippen molar-refractivity contribution in [2.24, 2.45) is 0 Å². The molecule has 0 radical (unpaired) electrons. The standard InChI is InChI=1S/C21H22OP/c1-18(22)17-23(19-11-5-2-6-12-19,20-13-7-3-8-14-20)21-15-9-4-10-16-21/h2-16,18,22H,17H2,1H3/q+1. The summed E-state index contributed by atoms with van der Waals surface area (Å²) in [6, 6.07) is 32.0. The molecule has 3 aromatic carbocycles. The van der Waals surface area contributed by atoms with Crippen LogP contribution in [0.5, 0.6) is 0 Å². The molecule has 1 unspecified atom stereocenters. The van der Waals surface area contributed by atoms with Gasteiger partial charge in [0.1, 0.15) is 23.2 Å². The number of hydrogen-bond donors (Lipinski definition) is 1. The smallest absolute Gasteiger partial charge is 0.114 e. The molecule has 0 saturated carbocycles. The molecule has 0 heterocycles. The molecule has 0 bridgehead atoms. The molecule has 0 amide bonds. The Morgan fingerprint density at radius 3 is 1.22 bits per heavy atom. The van der Waals surface area contributed by atoms with Crippen molar-refractivity contribution in [2.75, 3.05) is 6.16 Å². The van der Waals surface area contributed by atoms with Crippen LogP contribution in [0.3, 0.4) is 0 Å². The van der Waals surface area contributed by atoms with Crippen LogP contribution in [0, 0.1) is 0 Å². The Hall–Kier alpha value is -1.95. The number of rotatable bonds is 5. The molecule has 0 aliphatic heterocycles. The minimum Gasteiger partial charge on any atom is -0.390 e. The lowest BCUT2D eigenvalue weighted by Crippen LogP contribution is -2.36. The van der Waals surface area contributed by atoms with Crippen molar-refractivity contribution < 1.29 is 5.11 Å². The highest BCUT2D eigenvalue weighted by molar-refractivity contribution is 7.95. The van der Waals surface area contributed by atoms with Crippen molar-refractivity contribution in [1.29, 1.82) is 0 Å². The van der Waals surface area contributed by atoms with Crippen molar-refractivity contribution in [1.82, 2.24) is 0 Å². The van der Waals surface area contributed by atoms with E-state index in [9.17, 15) is 5.11 Å². The van der Waals surface area contributed by atoms with E-state index in [1.54, 1.807) is 0 Å². The van der Waals surface area contributed by atoms with Gasteiger partial charge in [-0.15, -0.1) is 0 Å². The number of aliphatic hydroxyl groups excluding tert-OH is 1. The van der Waals surface area contributed by atoms with E-state index in [4.69, 9.17) is 0 Å². The van der Waals surface area contributed by atoms with Gasteiger partial charge in [-0.3, -0.25) is 0 Å². The van der Waals surface area contributed by atoms with Crippen LogP contribution in [0.1, 0.15) is 6.92 Å². The first kappa shape index (κ1) is 15.9. The van der Waals surface area contributed by atoms with E-state index in [1.165, 1.54) is 15.9 Å². The molecule has 0 aromatic heterocycles. The van der Waals surface area contributed by atoms with Crippen LogP contribution in [0.15, 0.2) is 91.0 Å². The maximum atomic E-state index is 10.3. The summed E-state index contributed by atoms with van der Waals surface area (Å²) >= 11 is 0. The lowest BCUT2D eigenvalue weighted by atomic mass is 10.3. The van der Waals surface area contributed by atoms with Gasteiger partial charge in [0.2, 0.25) is 0 Å². The minimum atomic E-state index is -1.86. The van der Waals surface area contributed by atoms with E-state index in [0.717, 1.165) is 6.16 Å². The second kappa shape index (κ2) is 7.08. The Morgan fingerprint density at radius 2 is 0.957 bits per heavy atom.